The van der Waals surface area contributed by atoms with E-state index < -0.39 is 0 Å². The summed E-state index contributed by atoms with van der Waals surface area (Å²) < 4.78 is 5.38. The van der Waals surface area contributed by atoms with Crippen LogP contribution in [0.15, 0.2) is 0 Å². The summed E-state index contributed by atoms with van der Waals surface area (Å²) in [4.78, 5) is 13.7. The summed E-state index contributed by atoms with van der Waals surface area (Å²) in [6.07, 6.45) is 1.07. The summed E-state index contributed by atoms with van der Waals surface area (Å²) in [7, 11) is 0. The van der Waals surface area contributed by atoms with Crippen LogP contribution in [0.2, 0.25) is 0 Å². The number of hydrogen-bond acceptors (Lipinski definition) is 2. The number of alkyl halides is 1. The molecule has 0 aromatic rings. The minimum absolute atomic E-state index is 0.0492. The molecular formula is C10H18ClNO2. The Balaban J connectivity index is 2.45. The molecule has 1 saturated heterocycles. The fourth-order valence-corrected chi connectivity index (χ4v) is 1.98. The van der Waals surface area contributed by atoms with E-state index in [2.05, 4.69) is 0 Å². The van der Waals surface area contributed by atoms with Crippen LogP contribution in [0.5, 0.6) is 0 Å². The van der Waals surface area contributed by atoms with Gasteiger partial charge < -0.3 is 9.64 Å². The summed E-state index contributed by atoms with van der Waals surface area (Å²) in [6.45, 7) is 5.92. The average molecular weight is 220 g/mol. The molecule has 0 radical (unpaired) electrons. The van der Waals surface area contributed by atoms with Crippen molar-refractivity contribution in [2.75, 3.05) is 25.6 Å². The van der Waals surface area contributed by atoms with E-state index in [-0.39, 0.29) is 17.9 Å². The number of carbonyl (C=O) groups is 1. The summed E-state index contributed by atoms with van der Waals surface area (Å²) in [6, 6.07) is 0. The Bertz CT molecular complexity index is 193. The molecule has 3 nitrogen and oxygen atoms in total. The third-order valence-corrected chi connectivity index (χ3v) is 2.76. The normalized spacial score (nSPS) is 26.5. The van der Waals surface area contributed by atoms with Gasteiger partial charge in [0, 0.05) is 19.0 Å². The van der Waals surface area contributed by atoms with E-state index in [1.165, 1.54) is 0 Å². The summed E-state index contributed by atoms with van der Waals surface area (Å²) >= 11 is 5.63. The molecule has 14 heavy (non-hydrogen) atoms. The van der Waals surface area contributed by atoms with Gasteiger partial charge in [-0.3, -0.25) is 4.79 Å². The van der Waals surface area contributed by atoms with E-state index in [1.54, 1.807) is 4.90 Å². The van der Waals surface area contributed by atoms with Gasteiger partial charge in [0.15, 0.2) is 0 Å². The van der Waals surface area contributed by atoms with Crippen molar-refractivity contribution in [1.29, 1.82) is 0 Å². The predicted octanol–water partition coefficient (Wildman–Crippen LogP) is 1.50. The number of nitrogens with zero attached hydrogens (tertiary/aromatic N) is 1. The molecule has 0 spiro atoms. The van der Waals surface area contributed by atoms with E-state index in [0.717, 1.165) is 13.0 Å². The summed E-state index contributed by atoms with van der Waals surface area (Å²) in [5.41, 5.74) is 0. The second-order valence-electron chi connectivity index (χ2n) is 3.68. The first kappa shape index (κ1) is 11.8. The van der Waals surface area contributed by atoms with E-state index >= 15 is 0 Å². The van der Waals surface area contributed by atoms with Crippen molar-refractivity contribution in [3.63, 3.8) is 0 Å². The van der Waals surface area contributed by atoms with Crippen molar-refractivity contribution in [2.45, 2.75) is 26.4 Å². The van der Waals surface area contributed by atoms with Crippen molar-refractivity contribution >= 4 is 17.5 Å². The molecule has 2 unspecified atom stereocenters. The van der Waals surface area contributed by atoms with Crippen LogP contribution in [0.3, 0.4) is 0 Å². The minimum Gasteiger partial charge on any atom is -0.378 e. The van der Waals surface area contributed by atoms with Gasteiger partial charge in [0.1, 0.15) is 0 Å². The van der Waals surface area contributed by atoms with E-state index in [4.69, 9.17) is 16.3 Å². The second kappa shape index (κ2) is 5.56. The van der Waals surface area contributed by atoms with Gasteiger partial charge in [0.05, 0.1) is 18.6 Å². The minimum atomic E-state index is 0.0492. The standard InChI is InChI=1S/C10H18ClNO2/c1-3-12(5-4-11)10(13)9-6-8(2)14-7-9/h8-9H,3-7H2,1-2H3. The van der Waals surface area contributed by atoms with Gasteiger partial charge in [0.25, 0.3) is 0 Å². The van der Waals surface area contributed by atoms with Gasteiger partial charge in [-0.1, -0.05) is 0 Å². The largest absolute Gasteiger partial charge is 0.378 e. The Morgan fingerprint density at radius 1 is 1.64 bits per heavy atom. The highest BCUT2D eigenvalue weighted by atomic mass is 35.5. The molecule has 1 fully saturated rings. The van der Waals surface area contributed by atoms with Crippen LogP contribution in [0.1, 0.15) is 20.3 Å². The quantitative estimate of drug-likeness (QED) is 0.671. The number of halogens is 1. The molecule has 4 heteroatoms. The summed E-state index contributed by atoms with van der Waals surface area (Å²) in [5, 5.41) is 0. The van der Waals surface area contributed by atoms with Crippen LogP contribution in [-0.2, 0) is 9.53 Å². The van der Waals surface area contributed by atoms with Crippen molar-refractivity contribution in [2.24, 2.45) is 5.92 Å². The lowest BCUT2D eigenvalue weighted by Gasteiger charge is -2.22. The molecule has 0 saturated carbocycles. The zero-order chi connectivity index (χ0) is 10.6. The average Bonchev–Trinajstić information content (AvgIpc) is 2.60. The topological polar surface area (TPSA) is 29.5 Å². The van der Waals surface area contributed by atoms with Crippen molar-refractivity contribution < 1.29 is 9.53 Å². The molecule has 1 aliphatic heterocycles. The molecule has 1 rings (SSSR count). The van der Waals surface area contributed by atoms with Crippen molar-refractivity contribution in [1.82, 2.24) is 4.90 Å². The van der Waals surface area contributed by atoms with Gasteiger partial charge in [-0.05, 0) is 20.3 Å². The zero-order valence-corrected chi connectivity index (χ0v) is 9.59. The van der Waals surface area contributed by atoms with Crippen LogP contribution in [-0.4, -0.2) is 42.5 Å². The smallest absolute Gasteiger partial charge is 0.228 e. The van der Waals surface area contributed by atoms with Gasteiger partial charge >= 0.3 is 0 Å². The molecule has 82 valence electrons. The lowest BCUT2D eigenvalue weighted by molar-refractivity contribution is -0.135. The fourth-order valence-electron chi connectivity index (χ4n) is 1.77. The third kappa shape index (κ3) is 2.85. The van der Waals surface area contributed by atoms with Crippen molar-refractivity contribution in [3.8, 4) is 0 Å². The van der Waals surface area contributed by atoms with E-state index in [9.17, 15) is 4.79 Å². The van der Waals surface area contributed by atoms with Crippen LogP contribution in [0, 0.1) is 5.92 Å². The van der Waals surface area contributed by atoms with Crippen LogP contribution < -0.4 is 0 Å². The fraction of sp³-hybridized carbons (Fsp3) is 0.900. The van der Waals surface area contributed by atoms with Gasteiger partial charge in [-0.15, -0.1) is 11.6 Å². The predicted molar refractivity (Wildman–Crippen MR) is 56.5 cm³/mol. The van der Waals surface area contributed by atoms with Gasteiger partial charge in [0.2, 0.25) is 5.91 Å². The van der Waals surface area contributed by atoms with Crippen LogP contribution in [0.4, 0.5) is 0 Å². The SMILES string of the molecule is CCN(CCCl)C(=O)C1COC(C)C1. The Labute approximate surface area is 90.4 Å². The Kier molecular flexibility index (Phi) is 4.69. The molecule has 1 amide bonds. The molecular weight excluding hydrogens is 202 g/mol. The molecule has 0 aliphatic carbocycles. The molecule has 2 atom stereocenters. The van der Waals surface area contributed by atoms with Crippen LogP contribution >= 0.6 is 11.6 Å². The number of ether oxygens (including phenoxy) is 1. The highest BCUT2D eigenvalue weighted by Gasteiger charge is 2.30. The number of carbonyl (C=O) groups excluding carboxylic acids is 1. The first-order valence-corrected chi connectivity index (χ1v) is 5.68. The Hall–Kier alpha value is -0.280. The molecule has 1 aliphatic rings. The third-order valence-electron chi connectivity index (χ3n) is 2.60. The molecule has 0 N–H and O–H groups in total. The lowest BCUT2D eigenvalue weighted by Crippen LogP contribution is -2.37. The first-order chi connectivity index (χ1) is 6.69. The van der Waals surface area contributed by atoms with E-state index in [0.29, 0.717) is 19.0 Å². The molecule has 1 heterocycles. The molecule has 0 bridgehead atoms. The second-order valence-corrected chi connectivity index (χ2v) is 4.06. The Morgan fingerprint density at radius 2 is 2.36 bits per heavy atom. The van der Waals surface area contributed by atoms with Gasteiger partial charge in [-0.25, -0.2) is 0 Å². The number of rotatable bonds is 4. The lowest BCUT2D eigenvalue weighted by atomic mass is 10.0. The molecule has 0 aromatic heterocycles. The maximum atomic E-state index is 11.9. The molecule has 0 aromatic carbocycles. The van der Waals surface area contributed by atoms with E-state index in [1.807, 2.05) is 13.8 Å². The summed E-state index contributed by atoms with van der Waals surface area (Å²) in [5.74, 6) is 0.744. The monoisotopic (exact) mass is 219 g/mol. The Morgan fingerprint density at radius 3 is 2.79 bits per heavy atom. The first-order valence-electron chi connectivity index (χ1n) is 5.15. The number of hydrogen-bond donors (Lipinski definition) is 0. The number of amides is 1. The highest BCUT2D eigenvalue weighted by Crippen LogP contribution is 2.21. The maximum Gasteiger partial charge on any atom is 0.228 e. The van der Waals surface area contributed by atoms with Gasteiger partial charge in [-0.2, -0.15) is 0 Å². The zero-order valence-electron chi connectivity index (χ0n) is 8.83. The van der Waals surface area contributed by atoms with Crippen molar-refractivity contribution in [3.05, 3.63) is 0 Å². The maximum absolute atomic E-state index is 11.9. The highest BCUT2D eigenvalue weighted by molar-refractivity contribution is 6.18. The van der Waals surface area contributed by atoms with Crippen LogP contribution in [0.25, 0.3) is 0 Å².